The van der Waals surface area contributed by atoms with E-state index in [1.165, 1.54) is 0 Å². The molecule has 0 bridgehead atoms. The van der Waals surface area contributed by atoms with Crippen molar-refractivity contribution in [3.05, 3.63) is 59.2 Å². The van der Waals surface area contributed by atoms with Gasteiger partial charge in [0.1, 0.15) is 11.5 Å². The highest BCUT2D eigenvalue weighted by Gasteiger charge is 2.07. The molecule has 2 rings (SSSR count). The third-order valence-electron chi connectivity index (χ3n) is 2.82. The average molecular weight is 227 g/mol. The minimum absolute atomic E-state index is 0.489. The lowest BCUT2D eigenvalue weighted by Gasteiger charge is -2.14. The van der Waals surface area contributed by atoms with E-state index in [1.54, 1.807) is 0 Å². The number of rotatable bonds is 3. The number of nitrogens with two attached hydrogens (primary N) is 1. The van der Waals surface area contributed by atoms with Crippen LogP contribution in [0.2, 0.25) is 0 Å². The highest BCUT2D eigenvalue weighted by Crippen LogP contribution is 2.30. The van der Waals surface area contributed by atoms with Crippen molar-refractivity contribution >= 4 is 0 Å². The minimum atomic E-state index is 0.489. The van der Waals surface area contributed by atoms with Gasteiger partial charge in [-0.25, -0.2) is 0 Å². The maximum atomic E-state index is 5.98. The molecule has 0 fully saturated rings. The lowest BCUT2D eigenvalue weighted by atomic mass is 10.1. The predicted octanol–water partition coefficient (Wildman–Crippen LogP) is 3.55. The van der Waals surface area contributed by atoms with Crippen molar-refractivity contribution in [2.75, 3.05) is 0 Å². The first kappa shape index (κ1) is 11.7. The lowest BCUT2D eigenvalue weighted by molar-refractivity contribution is 0.469. The summed E-state index contributed by atoms with van der Waals surface area (Å²) in [6.07, 6.45) is 0. The summed E-state index contributed by atoms with van der Waals surface area (Å²) < 4.78 is 5.98. The Morgan fingerprint density at radius 3 is 2.35 bits per heavy atom. The molecule has 0 amide bonds. The summed E-state index contributed by atoms with van der Waals surface area (Å²) in [4.78, 5) is 0. The van der Waals surface area contributed by atoms with Gasteiger partial charge in [0.05, 0.1) is 0 Å². The summed E-state index contributed by atoms with van der Waals surface area (Å²) in [5.41, 5.74) is 9.00. The number of ether oxygens (including phenoxy) is 1. The van der Waals surface area contributed by atoms with E-state index in [2.05, 4.69) is 0 Å². The minimum Gasteiger partial charge on any atom is -0.456 e. The summed E-state index contributed by atoms with van der Waals surface area (Å²) in [7, 11) is 0. The molecule has 0 unspecified atom stereocenters. The Hall–Kier alpha value is -1.80. The highest BCUT2D eigenvalue weighted by molar-refractivity contribution is 5.45. The van der Waals surface area contributed by atoms with E-state index in [0.717, 1.165) is 28.2 Å². The van der Waals surface area contributed by atoms with Gasteiger partial charge in [0.25, 0.3) is 0 Å². The number of hydrogen-bond acceptors (Lipinski definition) is 2. The third-order valence-corrected chi connectivity index (χ3v) is 2.82. The second-order valence-corrected chi connectivity index (χ2v) is 4.13. The monoisotopic (exact) mass is 227 g/mol. The van der Waals surface area contributed by atoms with Crippen LogP contribution in [0.5, 0.6) is 11.5 Å². The zero-order valence-electron chi connectivity index (χ0n) is 10.2. The maximum absolute atomic E-state index is 5.98. The molecular weight excluding hydrogens is 210 g/mol. The smallest absolute Gasteiger partial charge is 0.134 e. The molecule has 0 saturated heterocycles. The van der Waals surface area contributed by atoms with Crippen molar-refractivity contribution in [1.82, 2.24) is 0 Å². The first-order chi connectivity index (χ1) is 8.22. The van der Waals surface area contributed by atoms with Crippen molar-refractivity contribution in [2.24, 2.45) is 5.73 Å². The first-order valence-electron chi connectivity index (χ1n) is 5.74. The van der Waals surface area contributed by atoms with Crippen molar-refractivity contribution in [3.63, 3.8) is 0 Å². The molecule has 2 nitrogen and oxygen atoms in total. The van der Waals surface area contributed by atoms with E-state index >= 15 is 0 Å². The molecule has 0 spiro atoms. The standard InChI is InChI=1S/C15H17NO/c1-11-6-3-4-9-14(11)17-15-12(2)7-5-8-13(15)10-16/h3-9H,10,16H2,1-2H3. The van der Waals surface area contributed by atoms with Gasteiger partial charge in [0.15, 0.2) is 0 Å². The fourth-order valence-corrected chi connectivity index (χ4v) is 1.80. The van der Waals surface area contributed by atoms with E-state index in [1.807, 2.05) is 56.3 Å². The summed E-state index contributed by atoms with van der Waals surface area (Å²) in [5.74, 6) is 1.76. The van der Waals surface area contributed by atoms with Crippen molar-refractivity contribution in [3.8, 4) is 11.5 Å². The summed E-state index contributed by atoms with van der Waals surface area (Å²) >= 11 is 0. The van der Waals surface area contributed by atoms with Crippen LogP contribution in [-0.4, -0.2) is 0 Å². The lowest BCUT2D eigenvalue weighted by Crippen LogP contribution is -2.01. The van der Waals surface area contributed by atoms with Gasteiger partial charge >= 0.3 is 0 Å². The molecular formula is C15H17NO. The number of hydrogen-bond donors (Lipinski definition) is 1. The van der Waals surface area contributed by atoms with Crippen molar-refractivity contribution < 1.29 is 4.74 Å². The highest BCUT2D eigenvalue weighted by atomic mass is 16.5. The molecule has 88 valence electrons. The van der Waals surface area contributed by atoms with E-state index < -0.39 is 0 Å². The number of para-hydroxylation sites is 2. The van der Waals surface area contributed by atoms with Crippen LogP contribution in [0.25, 0.3) is 0 Å². The van der Waals surface area contributed by atoms with Gasteiger partial charge in [0.2, 0.25) is 0 Å². The molecule has 0 aliphatic rings. The topological polar surface area (TPSA) is 35.2 Å². The Kier molecular flexibility index (Phi) is 3.45. The van der Waals surface area contributed by atoms with Crippen LogP contribution in [-0.2, 0) is 6.54 Å². The Morgan fingerprint density at radius 1 is 0.941 bits per heavy atom. The molecule has 0 aliphatic carbocycles. The largest absolute Gasteiger partial charge is 0.456 e. The summed E-state index contributed by atoms with van der Waals surface area (Å²) in [6.45, 7) is 4.56. The maximum Gasteiger partial charge on any atom is 0.134 e. The Bertz CT molecular complexity index is 520. The second-order valence-electron chi connectivity index (χ2n) is 4.13. The average Bonchev–Trinajstić information content (AvgIpc) is 2.34. The van der Waals surface area contributed by atoms with Gasteiger partial charge in [-0.05, 0) is 31.0 Å². The summed E-state index contributed by atoms with van der Waals surface area (Å²) in [6, 6.07) is 14.0. The molecule has 17 heavy (non-hydrogen) atoms. The molecule has 2 aromatic rings. The number of benzene rings is 2. The van der Waals surface area contributed by atoms with E-state index in [9.17, 15) is 0 Å². The molecule has 0 saturated carbocycles. The number of aryl methyl sites for hydroxylation is 2. The molecule has 0 aliphatic heterocycles. The first-order valence-corrected chi connectivity index (χ1v) is 5.74. The van der Waals surface area contributed by atoms with E-state index in [0.29, 0.717) is 6.54 Å². The molecule has 0 atom stereocenters. The SMILES string of the molecule is Cc1ccccc1Oc1c(C)cccc1CN. The molecule has 0 aromatic heterocycles. The van der Waals surface area contributed by atoms with Gasteiger partial charge in [-0.15, -0.1) is 0 Å². The van der Waals surface area contributed by atoms with Gasteiger partial charge in [-0.1, -0.05) is 36.4 Å². The summed E-state index contributed by atoms with van der Waals surface area (Å²) in [5, 5.41) is 0. The van der Waals surface area contributed by atoms with Crippen LogP contribution in [0, 0.1) is 13.8 Å². The van der Waals surface area contributed by atoms with Crippen LogP contribution in [0.4, 0.5) is 0 Å². The van der Waals surface area contributed by atoms with Crippen LogP contribution in [0.15, 0.2) is 42.5 Å². The molecule has 2 heteroatoms. The third kappa shape index (κ3) is 2.48. The Labute approximate surface area is 102 Å². The molecule has 0 radical (unpaired) electrons. The Balaban J connectivity index is 2.39. The quantitative estimate of drug-likeness (QED) is 0.870. The van der Waals surface area contributed by atoms with E-state index in [4.69, 9.17) is 10.5 Å². The van der Waals surface area contributed by atoms with E-state index in [-0.39, 0.29) is 0 Å². The van der Waals surface area contributed by atoms with Gasteiger partial charge in [-0.2, -0.15) is 0 Å². The molecule has 0 heterocycles. The fourth-order valence-electron chi connectivity index (χ4n) is 1.80. The van der Waals surface area contributed by atoms with Crippen LogP contribution in [0.1, 0.15) is 16.7 Å². The van der Waals surface area contributed by atoms with Crippen LogP contribution >= 0.6 is 0 Å². The second kappa shape index (κ2) is 5.02. The van der Waals surface area contributed by atoms with Gasteiger partial charge in [-0.3, -0.25) is 0 Å². The van der Waals surface area contributed by atoms with Crippen LogP contribution < -0.4 is 10.5 Å². The van der Waals surface area contributed by atoms with Crippen molar-refractivity contribution in [2.45, 2.75) is 20.4 Å². The molecule has 2 N–H and O–H groups in total. The fraction of sp³-hybridized carbons (Fsp3) is 0.200. The Morgan fingerprint density at radius 2 is 1.65 bits per heavy atom. The van der Waals surface area contributed by atoms with Gasteiger partial charge in [0, 0.05) is 12.1 Å². The predicted molar refractivity (Wildman–Crippen MR) is 70.3 cm³/mol. The van der Waals surface area contributed by atoms with Gasteiger partial charge < -0.3 is 10.5 Å². The normalized spacial score (nSPS) is 10.3. The van der Waals surface area contributed by atoms with Crippen molar-refractivity contribution in [1.29, 1.82) is 0 Å². The zero-order chi connectivity index (χ0) is 12.3. The zero-order valence-corrected chi connectivity index (χ0v) is 10.2. The molecule has 2 aromatic carbocycles. The van der Waals surface area contributed by atoms with Crippen LogP contribution in [0.3, 0.4) is 0 Å².